The smallest absolute Gasteiger partial charge is 0.271 e. The monoisotopic (exact) mass is 253 g/mol. The maximum absolute atomic E-state index is 11.2. The van der Waals surface area contributed by atoms with Crippen molar-refractivity contribution in [2.24, 2.45) is 0 Å². The molecule has 0 spiro atoms. The fraction of sp³-hybridized carbons (Fsp3) is 0.300. The SMILES string of the molecule is O=c1[nH]cnc(NCCCn2ccnc2)c1Cl. The van der Waals surface area contributed by atoms with Crippen molar-refractivity contribution in [3.63, 3.8) is 0 Å². The van der Waals surface area contributed by atoms with E-state index in [1.807, 2.05) is 10.8 Å². The summed E-state index contributed by atoms with van der Waals surface area (Å²) < 4.78 is 1.98. The van der Waals surface area contributed by atoms with Crippen LogP contribution in [0.4, 0.5) is 5.82 Å². The Morgan fingerprint density at radius 3 is 3.18 bits per heavy atom. The molecular weight excluding hydrogens is 242 g/mol. The molecule has 0 aliphatic heterocycles. The Morgan fingerprint density at radius 2 is 2.41 bits per heavy atom. The second-order valence-corrected chi connectivity index (χ2v) is 3.85. The largest absolute Gasteiger partial charge is 0.369 e. The van der Waals surface area contributed by atoms with Crippen LogP contribution in [0.1, 0.15) is 6.42 Å². The van der Waals surface area contributed by atoms with Gasteiger partial charge in [-0.1, -0.05) is 11.6 Å². The molecule has 2 heterocycles. The van der Waals surface area contributed by atoms with Gasteiger partial charge in [-0.2, -0.15) is 0 Å². The molecule has 2 aromatic rings. The summed E-state index contributed by atoms with van der Waals surface area (Å²) in [5.41, 5.74) is -0.334. The van der Waals surface area contributed by atoms with Crippen LogP contribution >= 0.6 is 11.6 Å². The summed E-state index contributed by atoms with van der Waals surface area (Å²) >= 11 is 5.79. The van der Waals surface area contributed by atoms with Crippen LogP contribution in [0.5, 0.6) is 0 Å². The molecule has 0 radical (unpaired) electrons. The summed E-state index contributed by atoms with van der Waals surface area (Å²) in [5, 5.41) is 3.11. The third-order valence-electron chi connectivity index (χ3n) is 2.24. The van der Waals surface area contributed by atoms with Crippen LogP contribution < -0.4 is 10.9 Å². The quantitative estimate of drug-likeness (QED) is 0.783. The summed E-state index contributed by atoms with van der Waals surface area (Å²) in [6.45, 7) is 1.54. The number of rotatable bonds is 5. The lowest BCUT2D eigenvalue weighted by Gasteiger charge is -2.06. The number of hydrogen-bond acceptors (Lipinski definition) is 4. The minimum Gasteiger partial charge on any atom is -0.369 e. The number of aromatic nitrogens is 4. The van der Waals surface area contributed by atoms with Gasteiger partial charge >= 0.3 is 0 Å². The summed E-state index contributed by atoms with van der Waals surface area (Å²) in [4.78, 5) is 21.5. The maximum atomic E-state index is 11.2. The van der Waals surface area contributed by atoms with E-state index < -0.39 is 0 Å². The van der Waals surface area contributed by atoms with E-state index in [0.717, 1.165) is 13.0 Å². The van der Waals surface area contributed by atoms with Gasteiger partial charge in [-0.25, -0.2) is 9.97 Å². The minimum absolute atomic E-state index is 0.0927. The lowest BCUT2D eigenvalue weighted by molar-refractivity contribution is 0.660. The molecule has 17 heavy (non-hydrogen) atoms. The number of H-pyrrole nitrogens is 1. The van der Waals surface area contributed by atoms with Gasteiger partial charge in [0, 0.05) is 25.5 Å². The highest BCUT2D eigenvalue weighted by Gasteiger charge is 2.04. The molecular formula is C10H12ClN5O. The Hall–Kier alpha value is -1.82. The van der Waals surface area contributed by atoms with E-state index in [-0.39, 0.29) is 10.6 Å². The molecule has 0 atom stereocenters. The van der Waals surface area contributed by atoms with Crippen molar-refractivity contribution in [3.05, 3.63) is 40.4 Å². The highest BCUT2D eigenvalue weighted by Crippen LogP contribution is 2.11. The molecule has 7 heteroatoms. The van der Waals surface area contributed by atoms with Crippen molar-refractivity contribution in [1.82, 2.24) is 19.5 Å². The third-order valence-corrected chi connectivity index (χ3v) is 2.59. The number of imidazole rings is 1. The average molecular weight is 254 g/mol. The van der Waals surface area contributed by atoms with E-state index in [1.54, 1.807) is 12.5 Å². The summed E-state index contributed by atoms with van der Waals surface area (Å²) in [6.07, 6.45) is 7.62. The van der Waals surface area contributed by atoms with Gasteiger partial charge in [0.1, 0.15) is 5.02 Å². The van der Waals surface area contributed by atoms with E-state index in [1.165, 1.54) is 6.33 Å². The van der Waals surface area contributed by atoms with Crippen molar-refractivity contribution in [2.75, 3.05) is 11.9 Å². The topological polar surface area (TPSA) is 75.6 Å². The van der Waals surface area contributed by atoms with Gasteiger partial charge in [0.05, 0.1) is 12.7 Å². The van der Waals surface area contributed by atoms with Gasteiger partial charge < -0.3 is 14.9 Å². The van der Waals surface area contributed by atoms with Gasteiger partial charge in [-0.15, -0.1) is 0 Å². The zero-order valence-electron chi connectivity index (χ0n) is 9.06. The zero-order valence-corrected chi connectivity index (χ0v) is 9.81. The van der Waals surface area contributed by atoms with Crippen molar-refractivity contribution >= 4 is 17.4 Å². The van der Waals surface area contributed by atoms with Crippen LogP contribution in [0, 0.1) is 0 Å². The van der Waals surface area contributed by atoms with Crippen molar-refractivity contribution in [2.45, 2.75) is 13.0 Å². The number of aryl methyl sites for hydroxylation is 1. The molecule has 0 aliphatic carbocycles. The molecule has 2 rings (SSSR count). The Bertz CT molecular complexity index is 522. The van der Waals surface area contributed by atoms with Crippen LogP contribution in [-0.2, 0) is 6.54 Å². The van der Waals surface area contributed by atoms with Crippen LogP contribution in [0.25, 0.3) is 0 Å². The predicted octanol–water partition coefficient (Wildman–Crippen LogP) is 1.12. The number of aromatic amines is 1. The lowest BCUT2D eigenvalue weighted by Crippen LogP contribution is -2.13. The predicted molar refractivity (Wildman–Crippen MR) is 65.2 cm³/mol. The van der Waals surface area contributed by atoms with Crippen molar-refractivity contribution < 1.29 is 0 Å². The fourth-order valence-corrected chi connectivity index (χ4v) is 1.56. The van der Waals surface area contributed by atoms with Crippen LogP contribution in [-0.4, -0.2) is 26.1 Å². The van der Waals surface area contributed by atoms with Gasteiger partial charge in [-0.3, -0.25) is 4.79 Å². The minimum atomic E-state index is -0.334. The van der Waals surface area contributed by atoms with Gasteiger partial charge in [0.15, 0.2) is 5.82 Å². The first-order chi connectivity index (χ1) is 8.27. The van der Waals surface area contributed by atoms with E-state index in [4.69, 9.17) is 11.6 Å². The molecule has 2 N–H and O–H groups in total. The number of halogens is 1. The van der Waals surface area contributed by atoms with E-state index in [9.17, 15) is 4.79 Å². The maximum Gasteiger partial charge on any atom is 0.271 e. The second-order valence-electron chi connectivity index (χ2n) is 3.48. The van der Waals surface area contributed by atoms with Crippen molar-refractivity contribution in [1.29, 1.82) is 0 Å². The molecule has 0 aromatic carbocycles. The van der Waals surface area contributed by atoms with Crippen LogP contribution in [0.15, 0.2) is 29.8 Å². The van der Waals surface area contributed by atoms with Gasteiger partial charge in [0.2, 0.25) is 0 Å². The number of nitrogens with one attached hydrogen (secondary N) is 2. The summed E-state index contributed by atoms with van der Waals surface area (Å²) in [6, 6.07) is 0. The highest BCUT2D eigenvalue weighted by atomic mass is 35.5. The molecule has 0 bridgehead atoms. The van der Waals surface area contributed by atoms with Crippen LogP contribution in [0.3, 0.4) is 0 Å². The molecule has 0 saturated carbocycles. The zero-order chi connectivity index (χ0) is 12.1. The first-order valence-electron chi connectivity index (χ1n) is 5.20. The molecule has 2 aromatic heterocycles. The van der Waals surface area contributed by atoms with E-state index in [0.29, 0.717) is 12.4 Å². The molecule has 0 aliphatic rings. The third kappa shape index (κ3) is 3.07. The molecule has 0 fully saturated rings. The molecule has 0 unspecified atom stereocenters. The van der Waals surface area contributed by atoms with E-state index in [2.05, 4.69) is 20.3 Å². The highest BCUT2D eigenvalue weighted by molar-refractivity contribution is 6.32. The number of anilines is 1. The standard InChI is InChI=1S/C10H12ClN5O/c11-8-9(14-6-15-10(8)17)13-2-1-4-16-5-3-12-7-16/h3,5-7H,1-2,4H2,(H2,13,14,15,17). The lowest BCUT2D eigenvalue weighted by atomic mass is 10.4. The Kier molecular flexibility index (Phi) is 3.77. The number of hydrogen-bond donors (Lipinski definition) is 2. The molecule has 0 saturated heterocycles. The normalized spacial score (nSPS) is 10.4. The first-order valence-corrected chi connectivity index (χ1v) is 5.58. The van der Waals surface area contributed by atoms with Gasteiger partial charge in [-0.05, 0) is 6.42 Å². The summed E-state index contributed by atoms with van der Waals surface area (Å²) in [7, 11) is 0. The van der Waals surface area contributed by atoms with E-state index >= 15 is 0 Å². The second kappa shape index (κ2) is 5.49. The van der Waals surface area contributed by atoms with Crippen LogP contribution in [0.2, 0.25) is 5.02 Å². The Balaban J connectivity index is 1.82. The molecule has 90 valence electrons. The van der Waals surface area contributed by atoms with Gasteiger partial charge in [0.25, 0.3) is 5.56 Å². The molecule has 6 nitrogen and oxygen atoms in total. The van der Waals surface area contributed by atoms with Crippen molar-refractivity contribution in [3.8, 4) is 0 Å². The first kappa shape index (κ1) is 11.7. The summed E-state index contributed by atoms with van der Waals surface area (Å²) in [5.74, 6) is 0.418. The average Bonchev–Trinajstić information content (AvgIpc) is 2.83. The Morgan fingerprint density at radius 1 is 1.53 bits per heavy atom. The molecule has 0 amide bonds. The fourth-order valence-electron chi connectivity index (χ4n) is 1.39. The number of nitrogens with zero attached hydrogens (tertiary/aromatic N) is 3. The Labute approximate surface area is 103 Å².